The van der Waals surface area contributed by atoms with E-state index in [1.54, 1.807) is 4.90 Å². The number of pyridine rings is 1. The Kier molecular flexibility index (Phi) is 4.80. The zero-order valence-corrected chi connectivity index (χ0v) is 18.3. The quantitative estimate of drug-likeness (QED) is 0.659. The van der Waals surface area contributed by atoms with E-state index in [2.05, 4.69) is 21.0 Å². The predicted molar refractivity (Wildman–Crippen MR) is 107 cm³/mol. The van der Waals surface area contributed by atoms with E-state index in [0.29, 0.717) is 10.4 Å². The van der Waals surface area contributed by atoms with E-state index in [4.69, 9.17) is 11.6 Å². The molecule has 0 radical (unpaired) electrons. The van der Waals surface area contributed by atoms with Crippen LogP contribution in [0.2, 0.25) is 5.02 Å². The summed E-state index contributed by atoms with van der Waals surface area (Å²) >= 11 is 9.25. The summed E-state index contributed by atoms with van der Waals surface area (Å²) in [7, 11) is 0. The second-order valence-electron chi connectivity index (χ2n) is 8.28. The van der Waals surface area contributed by atoms with Crippen LogP contribution in [-0.4, -0.2) is 68.1 Å². The first-order chi connectivity index (χ1) is 14.6. The molecule has 0 bridgehead atoms. The maximum atomic E-state index is 13.4. The summed E-state index contributed by atoms with van der Waals surface area (Å²) in [6, 6.07) is 1.96. The van der Waals surface area contributed by atoms with Crippen molar-refractivity contribution in [2.45, 2.75) is 31.2 Å². The van der Waals surface area contributed by atoms with Crippen LogP contribution in [0.25, 0.3) is 5.52 Å². The predicted octanol–water partition coefficient (Wildman–Crippen LogP) is 2.82. The standard InChI is InChI=1S/C19H17BrClF3N4O3/c20-9-5-11-15(21)16(25-28(11)13(6-9)19(22,23)24)18(31)26-1-2-27(14(29)7-26)12-4-8-3-10(8)17(12)30/h5-6,8,10,12,17,30H,1-4,7H2. The third-order valence-electron chi connectivity index (χ3n) is 6.43. The lowest BCUT2D eigenvalue weighted by atomic mass is 10.1. The largest absolute Gasteiger partial charge is 0.433 e. The summed E-state index contributed by atoms with van der Waals surface area (Å²) < 4.78 is 41.0. The minimum Gasteiger partial charge on any atom is -0.391 e. The summed E-state index contributed by atoms with van der Waals surface area (Å²) in [5.41, 5.74) is -1.48. The van der Waals surface area contributed by atoms with Gasteiger partial charge in [-0.2, -0.15) is 18.3 Å². The average Bonchev–Trinajstić information content (AvgIpc) is 3.31. The highest BCUT2D eigenvalue weighted by atomic mass is 79.9. The van der Waals surface area contributed by atoms with Gasteiger partial charge in [0.2, 0.25) is 5.91 Å². The fourth-order valence-electron chi connectivity index (χ4n) is 4.79. The van der Waals surface area contributed by atoms with Crippen LogP contribution in [-0.2, 0) is 11.0 Å². The van der Waals surface area contributed by atoms with E-state index in [1.165, 1.54) is 11.0 Å². The molecule has 1 saturated heterocycles. The molecule has 31 heavy (non-hydrogen) atoms. The number of aliphatic hydroxyl groups is 1. The maximum absolute atomic E-state index is 13.4. The lowest BCUT2D eigenvalue weighted by Gasteiger charge is -2.39. The lowest BCUT2D eigenvalue weighted by Crippen LogP contribution is -2.57. The molecule has 166 valence electrons. The number of fused-ring (bicyclic) bond motifs is 2. The summed E-state index contributed by atoms with van der Waals surface area (Å²) in [4.78, 5) is 28.5. The van der Waals surface area contributed by atoms with Crippen molar-refractivity contribution in [3.8, 4) is 0 Å². The number of alkyl halides is 3. The zero-order valence-electron chi connectivity index (χ0n) is 15.9. The van der Waals surface area contributed by atoms with Gasteiger partial charge < -0.3 is 14.9 Å². The van der Waals surface area contributed by atoms with Gasteiger partial charge in [0.15, 0.2) is 5.69 Å². The van der Waals surface area contributed by atoms with Gasteiger partial charge in [-0.05, 0) is 36.8 Å². The molecule has 1 N–H and O–H groups in total. The number of rotatable bonds is 2. The Hall–Kier alpha value is -1.85. The Bertz CT molecular complexity index is 1110. The third-order valence-corrected chi connectivity index (χ3v) is 7.26. The van der Waals surface area contributed by atoms with Crippen LogP contribution < -0.4 is 0 Å². The molecule has 1 aliphatic heterocycles. The van der Waals surface area contributed by atoms with E-state index >= 15 is 0 Å². The van der Waals surface area contributed by atoms with E-state index in [0.717, 1.165) is 18.9 Å². The molecule has 2 aromatic rings. The molecule has 2 aromatic heterocycles. The van der Waals surface area contributed by atoms with Crippen LogP contribution >= 0.6 is 27.5 Å². The molecular formula is C19H17BrClF3N4O3. The number of hydrogen-bond donors (Lipinski definition) is 1. The first-order valence-corrected chi connectivity index (χ1v) is 10.9. The Morgan fingerprint density at radius 1 is 1.26 bits per heavy atom. The third kappa shape index (κ3) is 3.41. The van der Waals surface area contributed by atoms with Crippen molar-refractivity contribution in [2.24, 2.45) is 11.8 Å². The second kappa shape index (κ2) is 7.08. The van der Waals surface area contributed by atoms with Crippen molar-refractivity contribution in [3.05, 3.63) is 33.0 Å². The van der Waals surface area contributed by atoms with E-state index in [-0.39, 0.29) is 58.2 Å². The Labute approximate surface area is 187 Å². The number of aromatic nitrogens is 2. The average molecular weight is 522 g/mol. The number of carbonyl (C=O) groups excluding carboxylic acids is 2. The maximum Gasteiger partial charge on any atom is 0.433 e. The van der Waals surface area contributed by atoms with Crippen molar-refractivity contribution in [2.75, 3.05) is 19.6 Å². The highest BCUT2D eigenvalue weighted by Gasteiger charge is 2.55. The summed E-state index contributed by atoms with van der Waals surface area (Å²) in [5.74, 6) is -0.285. The van der Waals surface area contributed by atoms with Gasteiger partial charge >= 0.3 is 6.18 Å². The van der Waals surface area contributed by atoms with E-state index in [1.807, 2.05) is 0 Å². The van der Waals surface area contributed by atoms with Crippen LogP contribution in [0.4, 0.5) is 13.2 Å². The molecule has 7 nitrogen and oxygen atoms in total. The van der Waals surface area contributed by atoms with Crippen LogP contribution in [0.5, 0.6) is 0 Å². The number of amides is 2. The van der Waals surface area contributed by atoms with Gasteiger partial charge in [0.05, 0.1) is 22.7 Å². The minimum atomic E-state index is -4.71. The van der Waals surface area contributed by atoms with E-state index < -0.39 is 23.9 Å². The molecule has 3 aliphatic rings. The highest BCUT2D eigenvalue weighted by molar-refractivity contribution is 9.10. The highest BCUT2D eigenvalue weighted by Crippen LogP contribution is 2.53. The van der Waals surface area contributed by atoms with Crippen molar-refractivity contribution in [1.29, 1.82) is 0 Å². The van der Waals surface area contributed by atoms with Crippen LogP contribution in [0.15, 0.2) is 16.6 Å². The van der Waals surface area contributed by atoms with Crippen molar-refractivity contribution < 1.29 is 27.9 Å². The molecule has 2 aliphatic carbocycles. The number of hydrogen-bond acceptors (Lipinski definition) is 4. The van der Waals surface area contributed by atoms with Gasteiger partial charge in [-0.15, -0.1) is 0 Å². The van der Waals surface area contributed by atoms with Gasteiger partial charge in [0.1, 0.15) is 12.2 Å². The molecular weight excluding hydrogens is 505 g/mol. The SMILES string of the molecule is O=C(c1nn2c(C(F)(F)F)cc(Br)cc2c1Cl)N1CCN(C2CC3CC3C2O)C(=O)C1. The summed E-state index contributed by atoms with van der Waals surface area (Å²) in [5, 5.41) is 14.0. The monoisotopic (exact) mass is 520 g/mol. The number of carbonyl (C=O) groups is 2. The molecule has 3 fully saturated rings. The Balaban J connectivity index is 1.39. The molecule has 2 saturated carbocycles. The molecule has 2 amide bonds. The van der Waals surface area contributed by atoms with Crippen LogP contribution in [0.3, 0.4) is 0 Å². The normalized spacial score (nSPS) is 28.4. The molecule has 4 atom stereocenters. The molecule has 4 unspecified atom stereocenters. The van der Waals surface area contributed by atoms with Gasteiger partial charge in [-0.3, -0.25) is 9.59 Å². The number of aliphatic hydroxyl groups excluding tert-OH is 1. The zero-order chi connectivity index (χ0) is 22.2. The smallest absolute Gasteiger partial charge is 0.391 e. The topological polar surface area (TPSA) is 78.2 Å². The van der Waals surface area contributed by atoms with Crippen molar-refractivity contribution in [1.82, 2.24) is 19.4 Å². The van der Waals surface area contributed by atoms with Gasteiger partial charge in [-0.1, -0.05) is 27.5 Å². The second-order valence-corrected chi connectivity index (χ2v) is 9.58. The molecule has 0 aromatic carbocycles. The molecule has 12 heteroatoms. The minimum absolute atomic E-state index is 0.0648. The number of nitrogens with zero attached hydrogens (tertiary/aromatic N) is 4. The molecule has 0 spiro atoms. The molecule has 3 heterocycles. The fraction of sp³-hybridized carbons (Fsp3) is 0.526. The molecule has 5 rings (SSSR count). The number of piperazine rings is 1. The Morgan fingerprint density at radius 2 is 2.00 bits per heavy atom. The summed E-state index contributed by atoms with van der Waals surface area (Å²) in [6.45, 7) is 0.191. The Morgan fingerprint density at radius 3 is 2.61 bits per heavy atom. The number of halogens is 5. The van der Waals surface area contributed by atoms with Crippen molar-refractivity contribution in [3.63, 3.8) is 0 Å². The lowest BCUT2D eigenvalue weighted by molar-refractivity contribution is -0.142. The van der Waals surface area contributed by atoms with Crippen LogP contribution in [0.1, 0.15) is 29.0 Å². The van der Waals surface area contributed by atoms with E-state index in [9.17, 15) is 27.9 Å². The first-order valence-electron chi connectivity index (χ1n) is 9.78. The first kappa shape index (κ1) is 21.0. The fourth-order valence-corrected chi connectivity index (χ4v) is 5.48. The van der Waals surface area contributed by atoms with Gasteiger partial charge in [0, 0.05) is 17.6 Å². The van der Waals surface area contributed by atoms with Gasteiger partial charge in [0.25, 0.3) is 5.91 Å². The van der Waals surface area contributed by atoms with Crippen molar-refractivity contribution >= 4 is 44.9 Å². The van der Waals surface area contributed by atoms with Crippen LogP contribution in [0, 0.1) is 11.8 Å². The summed E-state index contributed by atoms with van der Waals surface area (Å²) in [6.07, 6.45) is -3.49. The van der Waals surface area contributed by atoms with Gasteiger partial charge in [-0.25, -0.2) is 4.52 Å².